The summed E-state index contributed by atoms with van der Waals surface area (Å²) in [6.45, 7) is 9.45. The number of nitrogens with zero attached hydrogens (tertiary/aromatic N) is 1. The Morgan fingerprint density at radius 3 is 2.36 bits per heavy atom. The van der Waals surface area contributed by atoms with E-state index in [-0.39, 0.29) is 0 Å². The summed E-state index contributed by atoms with van der Waals surface area (Å²) in [6.07, 6.45) is 4.06. The molecule has 0 aliphatic carbocycles. The van der Waals surface area contributed by atoms with Crippen LogP contribution in [0.1, 0.15) is 40.0 Å². The number of hydrogen-bond acceptors (Lipinski definition) is 2. The predicted molar refractivity (Wildman–Crippen MR) is 62.6 cm³/mol. The molecule has 0 saturated carbocycles. The average Bonchev–Trinajstić information content (AvgIpc) is 2.07. The molecule has 2 nitrogen and oxygen atoms in total. The molecule has 0 spiro atoms. The fourth-order valence-corrected chi connectivity index (χ4v) is 2.90. The number of piperidine rings is 1. The van der Waals surface area contributed by atoms with Gasteiger partial charge in [0.05, 0.1) is 0 Å². The van der Waals surface area contributed by atoms with Crippen molar-refractivity contribution in [1.82, 2.24) is 10.2 Å². The molecule has 0 radical (unpaired) electrons. The normalized spacial score (nSPS) is 30.6. The van der Waals surface area contributed by atoms with Crippen molar-refractivity contribution in [3.8, 4) is 0 Å². The summed E-state index contributed by atoms with van der Waals surface area (Å²) in [5.41, 5.74) is 0.700. The Bertz CT molecular complexity index is 179. The third-order valence-electron chi connectivity index (χ3n) is 3.93. The van der Waals surface area contributed by atoms with Crippen LogP contribution in [-0.4, -0.2) is 37.6 Å². The Morgan fingerprint density at radius 2 is 1.93 bits per heavy atom. The monoisotopic (exact) mass is 198 g/mol. The van der Waals surface area contributed by atoms with Crippen LogP contribution in [0.3, 0.4) is 0 Å². The van der Waals surface area contributed by atoms with Crippen molar-refractivity contribution in [2.75, 3.05) is 27.2 Å². The zero-order valence-electron chi connectivity index (χ0n) is 10.5. The van der Waals surface area contributed by atoms with E-state index in [2.05, 4.69) is 45.1 Å². The lowest BCUT2D eigenvalue weighted by atomic mass is 9.68. The zero-order valence-corrected chi connectivity index (χ0v) is 10.5. The molecule has 1 atom stereocenters. The fourth-order valence-electron chi connectivity index (χ4n) is 2.90. The third-order valence-corrected chi connectivity index (χ3v) is 3.93. The molecule has 1 rings (SSSR count). The molecule has 1 heterocycles. The molecule has 84 valence electrons. The van der Waals surface area contributed by atoms with Gasteiger partial charge in [-0.15, -0.1) is 0 Å². The van der Waals surface area contributed by atoms with Crippen LogP contribution in [0.25, 0.3) is 0 Å². The van der Waals surface area contributed by atoms with Crippen molar-refractivity contribution >= 4 is 0 Å². The highest BCUT2D eigenvalue weighted by Gasteiger charge is 2.45. The van der Waals surface area contributed by atoms with Gasteiger partial charge in [0.15, 0.2) is 0 Å². The smallest absolute Gasteiger partial charge is 0.0378 e. The summed E-state index contributed by atoms with van der Waals surface area (Å²) in [7, 11) is 4.34. The molecule has 1 unspecified atom stereocenters. The molecule has 1 aliphatic rings. The van der Waals surface area contributed by atoms with Crippen LogP contribution in [0, 0.1) is 5.41 Å². The Hall–Kier alpha value is -0.0800. The van der Waals surface area contributed by atoms with Crippen LogP contribution in [0.4, 0.5) is 0 Å². The summed E-state index contributed by atoms with van der Waals surface area (Å²) in [6, 6.07) is 0. The highest BCUT2D eigenvalue weighted by atomic mass is 15.2. The highest BCUT2D eigenvalue weighted by Crippen LogP contribution is 2.41. The molecule has 0 aromatic carbocycles. The molecule has 0 aromatic rings. The quantitative estimate of drug-likeness (QED) is 0.731. The Labute approximate surface area is 89.1 Å². The first-order valence-corrected chi connectivity index (χ1v) is 5.80. The maximum absolute atomic E-state index is 3.37. The summed E-state index contributed by atoms with van der Waals surface area (Å²) < 4.78 is 0. The van der Waals surface area contributed by atoms with Crippen LogP contribution in [0.5, 0.6) is 0 Å². The minimum absolute atomic E-state index is 0.347. The van der Waals surface area contributed by atoms with Gasteiger partial charge in [0, 0.05) is 12.1 Å². The predicted octanol–water partition coefficient (Wildman–Crippen LogP) is 2.11. The van der Waals surface area contributed by atoms with Gasteiger partial charge in [-0.05, 0) is 38.9 Å². The van der Waals surface area contributed by atoms with E-state index in [0.29, 0.717) is 11.0 Å². The minimum atomic E-state index is 0.347. The molecular formula is C12H26N2. The van der Waals surface area contributed by atoms with Gasteiger partial charge >= 0.3 is 0 Å². The van der Waals surface area contributed by atoms with Crippen molar-refractivity contribution in [3.05, 3.63) is 0 Å². The summed E-state index contributed by atoms with van der Waals surface area (Å²) in [5.74, 6) is 0. The Morgan fingerprint density at radius 1 is 1.29 bits per heavy atom. The molecule has 0 aromatic heterocycles. The first-order chi connectivity index (χ1) is 6.44. The van der Waals surface area contributed by atoms with Crippen LogP contribution in [0.15, 0.2) is 0 Å². The Kier molecular flexibility index (Phi) is 3.59. The standard InChI is InChI=1S/C12H26N2/c1-11(2,3)12(10-13-4)8-6-7-9-14(12)5/h13H,6-10H2,1-5H3. The van der Waals surface area contributed by atoms with Crippen LogP contribution < -0.4 is 5.32 Å². The van der Waals surface area contributed by atoms with Gasteiger partial charge in [-0.3, -0.25) is 4.90 Å². The highest BCUT2D eigenvalue weighted by molar-refractivity contribution is 5.02. The largest absolute Gasteiger partial charge is 0.318 e. The number of likely N-dealkylation sites (tertiary alicyclic amines) is 1. The summed E-state index contributed by atoms with van der Waals surface area (Å²) >= 11 is 0. The lowest BCUT2D eigenvalue weighted by Gasteiger charge is -2.53. The van der Waals surface area contributed by atoms with E-state index in [1.54, 1.807) is 0 Å². The van der Waals surface area contributed by atoms with Crippen molar-refractivity contribution < 1.29 is 0 Å². The third kappa shape index (κ3) is 1.96. The molecule has 1 fully saturated rings. The van der Waals surface area contributed by atoms with Gasteiger partial charge in [-0.25, -0.2) is 0 Å². The molecule has 14 heavy (non-hydrogen) atoms. The maximum atomic E-state index is 3.37. The first kappa shape index (κ1) is 12.0. The Balaban J connectivity index is 2.89. The average molecular weight is 198 g/mol. The van der Waals surface area contributed by atoms with Crippen LogP contribution in [-0.2, 0) is 0 Å². The van der Waals surface area contributed by atoms with E-state index in [9.17, 15) is 0 Å². The van der Waals surface area contributed by atoms with Gasteiger partial charge in [-0.1, -0.05) is 27.2 Å². The fraction of sp³-hybridized carbons (Fsp3) is 1.00. The minimum Gasteiger partial charge on any atom is -0.318 e. The van der Waals surface area contributed by atoms with E-state index < -0.39 is 0 Å². The van der Waals surface area contributed by atoms with Crippen LogP contribution >= 0.6 is 0 Å². The lowest BCUT2D eigenvalue weighted by molar-refractivity contribution is -0.0183. The molecule has 1 N–H and O–H groups in total. The molecule has 0 amide bonds. The molecule has 2 heteroatoms. The number of rotatable bonds is 2. The molecule has 0 bridgehead atoms. The van der Waals surface area contributed by atoms with Crippen LogP contribution in [0.2, 0.25) is 0 Å². The number of likely N-dealkylation sites (N-methyl/N-ethyl adjacent to an activating group) is 2. The SMILES string of the molecule is CNCC1(C(C)(C)C)CCCCN1C. The van der Waals surface area contributed by atoms with Gasteiger partial charge in [-0.2, -0.15) is 0 Å². The molecular weight excluding hydrogens is 172 g/mol. The summed E-state index contributed by atoms with van der Waals surface area (Å²) in [5, 5.41) is 3.37. The van der Waals surface area contributed by atoms with Crippen molar-refractivity contribution in [2.45, 2.75) is 45.6 Å². The van der Waals surface area contributed by atoms with Gasteiger partial charge < -0.3 is 5.32 Å². The second kappa shape index (κ2) is 4.19. The van der Waals surface area contributed by atoms with E-state index in [1.807, 2.05) is 0 Å². The molecule has 1 aliphatic heterocycles. The van der Waals surface area contributed by atoms with Gasteiger partial charge in [0.2, 0.25) is 0 Å². The second-order valence-electron chi connectivity index (χ2n) is 5.69. The van der Waals surface area contributed by atoms with E-state index in [1.165, 1.54) is 25.8 Å². The van der Waals surface area contributed by atoms with E-state index in [0.717, 1.165) is 6.54 Å². The lowest BCUT2D eigenvalue weighted by Crippen LogP contribution is -2.62. The summed E-state index contributed by atoms with van der Waals surface area (Å²) in [4.78, 5) is 2.56. The zero-order chi connectivity index (χ0) is 10.8. The first-order valence-electron chi connectivity index (χ1n) is 5.80. The van der Waals surface area contributed by atoms with Gasteiger partial charge in [0.1, 0.15) is 0 Å². The van der Waals surface area contributed by atoms with Gasteiger partial charge in [0.25, 0.3) is 0 Å². The molecule has 1 saturated heterocycles. The van der Waals surface area contributed by atoms with Crippen molar-refractivity contribution in [1.29, 1.82) is 0 Å². The van der Waals surface area contributed by atoms with Crippen molar-refractivity contribution in [2.24, 2.45) is 5.41 Å². The number of nitrogens with one attached hydrogen (secondary N) is 1. The van der Waals surface area contributed by atoms with E-state index >= 15 is 0 Å². The maximum Gasteiger partial charge on any atom is 0.0378 e. The number of hydrogen-bond donors (Lipinski definition) is 1. The second-order valence-corrected chi connectivity index (χ2v) is 5.69. The topological polar surface area (TPSA) is 15.3 Å². The van der Waals surface area contributed by atoms with Crippen molar-refractivity contribution in [3.63, 3.8) is 0 Å². The van der Waals surface area contributed by atoms with E-state index in [4.69, 9.17) is 0 Å².